The van der Waals surface area contributed by atoms with Gasteiger partial charge in [0.1, 0.15) is 5.69 Å². The van der Waals surface area contributed by atoms with Gasteiger partial charge in [0.15, 0.2) is 0 Å². The van der Waals surface area contributed by atoms with E-state index in [1.54, 1.807) is 0 Å². The minimum absolute atomic E-state index is 0.0465. The van der Waals surface area contributed by atoms with E-state index >= 15 is 0 Å². The topological polar surface area (TPSA) is 119 Å². The van der Waals surface area contributed by atoms with Gasteiger partial charge in [-0.15, -0.1) is 0 Å². The summed E-state index contributed by atoms with van der Waals surface area (Å²) < 4.78 is 0. The summed E-state index contributed by atoms with van der Waals surface area (Å²) in [6.45, 7) is -0.0465. The zero-order chi connectivity index (χ0) is 15.6. The zero-order valence-corrected chi connectivity index (χ0v) is 11.3. The smallest absolute Gasteiger partial charge is 0.299 e. The van der Waals surface area contributed by atoms with Crippen molar-refractivity contribution in [3.05, 3.63) is 38.4 Å². The van der Waals surface area contributed by atoms with E-state index in [1.807, 2.05) is 0 Å². The average molecular weight is 294 g/mol. The molecular weight excluding hydrogens is 280 g/mol. The maximum absolute atomic E-state index is 11.7. The highest BCUT2D eigenvalue weighted by Crippen LogP contribution is 2.31. The first-order valence-corrected chi connectivity index (χ1v) is 6.32. The molecular formula is C12H14N4O5. The Bertz CT molecular complexity index is 599. The number of nitro benzene ring substituents is 2. The lowest BCUT2D eigenvalue weighted by atomic mass is 10.2. The molecule has 1 N–H and O–H groups in total. The van der Waals surface area contributed by atoms with Crippen LogP contribution >= 0.6 is 0 Å². The third kappa shape index (κ3) is 3.65. The molecule has 2 rings (SSSR count). The predicted octanol–water partition coefficient (Wildman–Crippen LogP) is 1.22. The number of likely N-dealkylation sites (N-methyl/N-ethyl adjacent to an activating group) is 1. The van der Waals surface area contributed by atoms with Crippen LogP contribution in [0.4, 0.5) is 17.1 Å². The molecule has 1 saturated carbocycles. The Morgan fingerprint density at radius 1 is 1.33 bits per heavy atom. The first-order chi connectivity index (χ1) is 9.88. The van der Waals surface area contributed by atoms with E-state index in [0.29, 0.717) is 0 Å². The fourth-order valence-electron chi connectivity index (χ4n) is 1.90. The maximum atomic E-state index is 11.7. The first kappa shape index (κ1) is 14.7. The van der Waals surface area contributed by atoms with Crippen LogP contribution in [0.25, 0.3) is 0 Å². The predicted molar refractivity (Wildman–Crippen MR) is 74.2 cm³/mol. The Hall–Kier alpha value is -2.71. The second-order valence-corrected chi connectivity index (χ2v) is 4.89. The summed E-state index contributed by atoms with van der Waals surface area (Å²) in [6.07, 6.45) is 1.90. The quantitative estimate of drug-likeness (QED) is 0.622. The fraction of sp³-hybridized carbons (Fsp3) is 0.417. The molecule has 1 aromatic rings. The highest BCUT2D eigenvalue weighted by Gasteiger charge is 2.26. The highest BCUT2D eigenvalue weighted by molar-refractivity contribution is 5.83. The highest BCUT2D eigenvalue weighted by atomic mass is 16.6. The van der Waals surface area contributed by atoms with Crippen molar-refractivity contribution in [2.24, 2.45) is 0 Å². The van der Waals surface area contributed by atoms with E-state index in [0.717, 1.165) is 18.9 Å². The molecule has 21 heavy (non-hydrogen) atoms. The third-order valence-corrected chi connectivity index (χ3v) is 3.10. The monoisotopic (exact) mass is 294 g/mol. The van der Waals surface area contributed by atoms with Crippen LogP contribution in [0.15, 0.2) is 18.2 Å². The van der Waals surface area contributed by atoms with Gasteiger partial charge in [0.2, 0.25) is 5.91 Å². The second kappa shape index (κ2) is 5.73. The number of hydrogen-bond donors (Lipinski definition) is 1. The minimum Gasteiger partial charge on any atom is -0.360 e. The van der Waals surface area contributed by atoms with Crippen molar-refractivity contribution in [3.63, 3.8) is 0 Å². The van der Waals surface area contributed by atoms with Gasteiger partial charge in [-0.05, 0) is 18.9 Å². The van der Waals surface area contributed by atoms with Crippen LogP contribution in [0.2, 0.25) is 0 Å². The lowest BCUT2D eigenvalue weighted by molar-refractivity contribution is -0.393. The standard InChI is InChI=1S/C12H14N4O5/c1-14(7-12(17)13-8-2-3-8)10-5-4-9(15(18)19)6-11(10)16(20)21/h4-6,8H,2-3,7H2,1H3,(H,13,17). The Labute approximate surface area is 119 Å². The van der Waals surface area contributed by atoms with E-state index in [9.17, 15) is 25.0 Å². The number of non-ortho nitro benzene ring substituents is 1. The molecule has 112 valence electrons. The number of nitrogens with one attached hydrogen (secondary N) is 1. The van der Waals surface area contributed by atoms with Gasteiger partial charge in [-0.1, -0.05) is 0 Å². The normalized spacial score (nSPS) is 13.6. The van der Waals surface area contributed by atoms with Gasteiger partial charge in [0.05, 0.1) is 22.5 Å². The summed E-state index contributed by atoms with van der Waals surface area (Å²) in [4.78, 5) is 33.4. The molecule has 0 saturated heterocycles. The molecule has 1 fully saturated rings. The van der Waals surface area contributed by atoms with Crippen LogP contribution in [0.3, 0.4) is 0 Å². The largest absolute Gasteiger partial charge is 0.360 e. The van der Waals surface area contributed by atoms with E-state index in [1.165, 1.54) is 24.1 Å². The van der Waals surface area contributed by atoms with Crippen molar-refractivity contribution >= 4 is 23.0 Å². The van der Waals surface area contributed by atoms with Crippen molar-refractivity contribution in [1.29, 1.82) is 0 Å². The van der Waals surface area contributed by atoms with Crippen LogP contribution in [0, 0.1) is 20.2 Å². The van der Waals surface area contributed by atoms with Crippen LogP contribution in [-0.4, -0.2) is 35.4 Å². The molecule has 0 aromatic heterocycles. The van der Waals surface area contributed by atoms with E-state index < -0.39 is 15.5 Å². The van der Waals surface area contributed by atoms with Gasteiger partial charge in [-0.2, -0.15) is 0 Å². The van der Waals surface area contributed by atoms with Gasteiger partial charge < -0.3 is 10.2 Å². The lowest BCUT2D eigenvalue weighted by Gasteiger charge is -2.18. The second-order valence-electron chi connectivity index (χ2n) is 4.89. The van der Waals surface area contributed by atoms with Crippen molar-refractivity contribution in [1.82, 2.24) is 5.32 Å². The van der Waals surface area contributed by atoms with Crippen LogP contribution < -0.4 is 10.2 Å². The summed E-state index contributed by atoms with van der Waals surface area (Å²) in [5, 5.41) is 24.5. The third-order valence-electron chi connectivity index (χ3n) is 3.10. The van der Waals surface area contributed by atoms with Gasteiger partial charge in [-0.25, -0.2) is 0 Å². The molecule has 1 aromatic carbocycles. The molecule has 0 aliphatic heterocycles. The first-order valence-electron chi connectivity index (χ1n) is 6.32. The van der Waals surface area contributed by atoms with Crippen LogP contribution in [0.1, 0.15) is 12.8 Å². The number of rotatable bonds is 6. The van der Waals surface area contributed by atoms with Crippen molar-refractivity contribution in [2.75, 3.05) is 18.5 Å². The summed E-state index contributed by atoms with van der Waals surface area (Å²) >= 11 is 0. The van der Waals surface area contributed by atoms with Crippen molar-refractivity contribution in [3.8, 4) is 0 Å². The van der Waals surface area contributed by atoms with Crippen molar-refractivity contribution in [2.45, 2.75) is 18.9 Å². The van der Waals surface area contributed by atoms with Gasteiger partial charge in [0.25, 0.3) is 11.4 Å². The van der Waals surface area contributed by atoms with E-state index in [2.05, 4.69) is 5.32 Å². The zero-order valence-electron chi connectivity index (χ0n) is 11.3. The molecule has 1 aliphatic carbocycles. The number of hydrogen-bond acceptors (Lipinski definition) is 6. The molecule has 9 heteroatoms. The molecule has 0 radical (unpaired) electrons. The van der Waals surface area contributed by atoms with Crippen molar-refractivity contribution < 1.29 is 14.6 Å². The van der Waals surface area contributed by atoms with Crippen LogP contribution in [-0.2, 0) is 4.79 Å². The molecule has 0 unspecified atom stereocenters. The molecule has 0 atom stereocenters. The molecule has 1 amide bonds. The number of amides is 1. The maximum Gasteiger partial charge on any atom is 0.299 e. The molecule has 0 spiro atoms. The molecule has 0 heterocycles. The average Bonchev–Trinajstić information content (AvgIpc) is 3.21. The SMILES string of the molecule is CN(CC(=O)NC1CC1)c1ccc([N+](=O)[O-])cc1[N+](=O)[O-]. The Morgan fingerprint density at radius 2 is 2.00 bits per heavy atom. The molecule has 1 aliphatic rings. The van der Waals surface area contributed by atoms with E-state index in [-0.39, 0.29) is 29.9 Å². The Balaban J connectivity index is 2.18. The molecule has 9 nitrogen and oxygen atoms in total. The van der Waals surface area contributed by atoms with Gasteiger partial charge in [0, 0.05) is 19.2 Å². The number of benzene rings is 1. The van der Waals surface area contributed by atoms with Gasteiger partial charge in [-0.3, -0.25) is 25.0 Å². The Morgan fingerprint density at radius 3 is 2.52 bits per heavy atom. The number of anilines is 1. The number of carbonyl (C=O) groups is 1. The van der Waals surface area contributed by atoms with Gasteiger partial charge >= 0.3 is 0 Å². The summed E-state index contributed by atoms with van der Waals surface area (Å²) in [6, 6.07) is 3.56. The number of nitro groups is 2. The van der Waals surface area contributed by atoms with E-state index in [4.69, 9.17) is 0 Å². The minimum atomic E-state index is -0.698. The summed E-state index contributed by atoms with van der Waals surface area (Å²) in [5.41, 5.74) is -0.594. The fourth-order valence-corrected chi connectivity index (χ4v) is 1.90. The van der Waals surface area contributed by atoms with Crippen LogP contribution in [0.5, 0.6) is 0 Å². The summed E-state index contributed by atoms with van der Waals surface area (Å²) in [5.74, 6) is -0.229. The number of carbonyl (C=O) groups excluding carboxylic acids is 1. The lowest BCUT2D eigenvalue weighted by Crippen LogP contribution is -2.36. The summed E-state index contributed by atoms with van der Waals surface area (Å²) in [7, 11) is 1.53. The molecule has 0 bridgehead atoms. The number of nitrogens with zero attached hydrogens (tertiary/aromatic N) is 3. The Kier molecular flexibility index (Phi) is 4.01.